The van der Waals surface area contributed by atoms with Crippen LogP contribution in [0.1, 0.15) is 18.1 Å². The largest absolute Gasteiger partial charge is 0.447 e. The summed E-state index contributed by atoms with van der Waals surface area (Å²) in [5.74, 6) is -2.20. The summed E-state index contributed by atoms with van der Waals surface area (Å²) >= 11 is 12.0. The summed E-state index contributed by atoms with van der Waals surface area (Å²) in [7, 11) is 0. The molecule has 1 heterocycles. The number of hydrogen-bond donors (Lipinski definition) is 3. The summed E-state index contributed by atoms with van der Waals surface area (Å²) in [4.78, 5) is 39.5. The Morgan fingerprint density at radius 3 is 2.14 bits per heavy atom. The fraction of sp³-hybridized carbons (Fsp3) is 0.250. The second-order valence-electron chi connectivity index (χ2n) is 10.4. The molecule has 1 aromatic heterocycles. The molecule has 4 aromatic rings. The van der Waals surface area contributed by atoms with Gasteiger partial charge in [-0.25, -0.2) is 32.6 Å². The van der Waals surface area contributed by atoms with Crippen LogP contribution < -0.4 is 16.1 Å². The number of carbonyl (C=O) groups is 3. The van der Waals surface area contributed by atoms with Crippen molar-refractivity contribution in [3.8, 4) is 11.3 Å². The molecule has 0 unspecified atom stereocenters. The molecule has 49 heavy (non-hydrogen) atoms. The highest BCUT2D eigenvalue weighted by molar-refractivity contribution is 6.31. The first kappa shape index (κ1) is 37.0. The van der Waals surface area contributed by atoms with Gasteiger partial charge in [-0.2, -0.15) is 0 Å². The van der Waals surface area contributed by atoms with E-state index in [1.54, 1.807) is 24.3 Å². The van der Waals surface area contributed by atoms with E-state index in [4.69, 9.17) is 32.5 Å². The third-order valence-electron chi connectivity index (χ3n) is 6.93. The zero-order chi connectivity index (χ0) is 35.5. The van der Waals surface area contributed by atoms with E-state index in [0.717, 1.165) is 24.1 Å². The maximum atomic E-state index is 14.1. The lowest BCUT2D eigenvalue weighted by Crippen LogP contribution is -2.57. The van der Waals surface area contributed by atoms with Crippen molar-refractivity contribution in [3.63, 3.8) is 0 Å². The van der Waals surface area contributed by atoms with Crippen LogP contribution in [0.15, 0.2) is 77.3 Å². The van der Waals surface area contributed by atoms with Gasteiger partial charge < -0.3 is 19.5 Å². The lowest BCUT2D eigenvalue weighted by Gasteiger charge is -2.35. The number of hydrogen-bond acceptors (Lipinski definition) is 7. The Morgan fingerprint density at radius 2 is 1.53 bits per heavy atom. The quantitative estimate of drug-likeness (QED) is 0.0956. The van der Waals surface area contributed by atoms with E-state index in [1.165, 1.54) is 30.3 Å². The van der Waals surface area contributed by atoms with Crippen molar-refractivity contribution in [2.75, 3.05) is 25.0 Å². The molecule has 11 nitrogen and oxygen atoms in total. The van der Waals surface area contributed by atoms with Gasteiger partial charge in [0.15, 0.2) is 0 Å². The fourth-order valence-corrected chi connectivity index (χ4v) is 4.96. The van der Waals surface area contributed by atoms with E-state index in [-0.39, 0.29) is 40.1 Å². The molecular weight excluding hydrogens is 695 g/mol. The van der Waals surface area contributed by atoms with Crippen molar-refractivity contribution in [1.82, 2.24) is 25.8 Å². The number of benzene rings is 3. The molecule has 0 aliphatic rings. The molecule has 3 aromatic carbocycles. The van der Waals surface area contributed by atoms with Crippen LogP contribution in [-0.2, 0) is 22.6 Å². The molecule has 0 aliphatic heterocycles. The number of nitrogens with zero attached hydrogens (tertiary/aromatic N) is 3. The minimum atomic E-state index is -3.01. The van der Waals surface area contributed by atoms with E-state index in [0.29, 0.717) is 16.2 Å². The molecular formula is C32H30Cl2F4N6O5. The summed E-state index contributed by atoms with van der Waals surface area (Å²) in [6, 6.07) is 16.0. The molecule has 4 amide bonds. The molecule has 17 heteroatoms. The van der Waals surface area contributed by atoms with Crippen molar-refractivity contribution in [2.24, 2.45) is 0 Å². The third kappa shape index (κ3) is 10.6. The predicted molar refractivity (Wildman–Crippen MR) is 173 cm³/mol. The summed E-state index contributed by atoms with van der Waals surface area (Å²) in [5, 5.41) is 9.13. The highest BCUT2D eigenvalue weighted by Crippen LogP contribution is 2.23. The van der Waals surface area contributed by atoms with Gasteiger partial charge in [0.2, 0.25) is 11.8 Å². The molecule has 0 saturated heterocycles. The summed E-state index contributed by atoms with van der Waals surface area (Å²) < 4.78 is 65.9. The van der Waals surface area contributed by atoms with Gasteiger partial charge in [0.25, 0.3) is 6.43 Å². The number of anilines is 1. The average molecular weight is 726 g/mol. The van der Waals surface area contributed by atoms with Crippen LogP contribution in [0.3, 0.4) is 0 Å². The van der Waals surface area contributed by atoms with Crippen molar-refractivity contribution in [2.45, 2.75) is 32.5 Å². The van der Waals surface area contributed by atoms with Crippen LogP contribution in [0.2, 0.25) is 10.0 Å². The molecule has 0 aliphatic carbocycles. The van der Waals surface area contributed by atoms with E-state index >= 15 is 0 Å². The molecule has 0 spiro atoms. The smallest absolute Gasteiger partial charge is 0.414 e. The molecule has 0 saturated carbocycles. The van der Waals surface area contributed by atoms with Crippen LogP contribution in [0.25, 0.3) is 11.3 Å². The number of rotatable bonds is 14. The molecule has 4 rings (SSSR count). The fourth-order valence-electron chi connectivity index (χ4n) is 4.58. The number of aromatic nitrogens is 1. The van der Waals surface area contributed by atoms with Gasteiger partial charge in [-0.15, -0.1) is 0 Å². The van der Waals surface area contributed by atoms with E-state index in [1.807, 2.05) is 6.07 Å². The van der Waals surface area contributed by atoms with Gasteiger partial charge in [0.05, 0.1) is 16.6 Å². The van der Waals surface area contributed by atoms with Crippen molar-refractivity contribution < 1.29 is 41.2 Å². The molecule has 0 bridgehead atoms. The van der Waals surface area contributed by atoms with Crippen molar-refractivity contribution >= 4 is 47.1 Å². The summed E-state index contributed by atoms with van der Waals surface area (Å²) in [6.07, 6.45) is -4.06. The number of alkyl halides is 2. The van der Waals surface area contributed by atoms with Crippen molar-refractivity contribution in [1.29, 1.82) is 0 Å². The van der Waals surface area contributed by atoms with Crippen LogP contribution in [0.4, 0.5) is 33.0 Å². The van der Waals surface area contributed by atoms with Crippen LogP contribution in [0, 0.1) is 11.6 Å². The van der Waals surface area contributed by atoms with E-state index < -0.39 is 61.8 Å². The number of hydrazine groups is 1. The number of ether oxygens (including phenoxy) is 1. The van der Waals surface area contributed by atoms with Gasteiger partial charge >= 0.3 is 12.1 Å². The van der Waals surface area contributed by atoms with Gasteiger partial charge in [0, 0.05) is 38.2 Å². The minimum absolute atomic E-state index is 0.0718. The predicted octanol–water partition coefficient (Wildman–Crippen LogP) is 6.87. The number of carbonyl (C=O) groups excluding carboxylic acids is 3. The Balaban J connectivity index is 1.52. The number of nitrogens with one attached hydrogen (secondary N) is 3. The molecule has 260 valence electrons. The Bertz CT molecular complexity index is 1750. The van der Waals surface area contributed by atoms with Crippen molar-refractivity contribution in [3.05, 3.63) is 106 Å². The SMILES string of the molecule is CC(=O)N(NCc1cccc(F)c1Cl)[C@H](COC(=O)Nc1cc(-c2ccccc2)no1)CN(CC(F)F)C(=O)NCc1cccc(F)c1Cl. The summed E-state index contributed by atoms with van der Waals surface area (Å²) in [6.45, 7) is -1.70. The Labute approximate surface area is 288 Å². The zero-order valence-corrected chi connectivity index (χ0v) is 27.3. The van der Waals surface area contributed by atoms with Crippen LogP contribution >= 0.6 is 23.2 Å². The maximum absolute atomic E-state index is 14.1. The standard InChI is InChI=1S/C32H30Cl2F4N6O5/c1-19(45)44(40-15-22-10-6-12-25(36)30(22)34)23(18-48-32(47)41-28-13-26(42-49-28)20-7-3-2-4-8-20)16-43(17-27(37)38)31(46)39-14-21-9-5-11-24(35)29(21)33/h2-13,23,27,40H,14-18H2,1H3,(H,39,46)(H,41,47)/t23-/m0/s1. The Hall–Kier alpha value is -4.86. The zero-order valence-electron chi connectivity index (χ0n) is 25.8. The number of halogens is 6. The molecule has 0 radical (unpaired) electrons. The number of urea groups is 1. The second-order valence-corrected chi connectivity index (χ2v) is 11.2. The second kappa shape index (κ2) is 17.5. The average Bonchev–Trinajstić information content (AvgIpc) is 3.54. The van der Waals surface area contributed by atoms with E-state index in [2.05, 4.69) is 21.2 Å². The highest BCUT2D eigenvalue weighted by Gasteiger charge is 2.30. The first-order chi connectivity index (χ1) is 23.4. The highest BCUT2D eigenvalue weighted by atomic mass is 35.5. The number of amides is 4. The van der Waals surface area contributed by atoms with Gasteiger partial charge in [-0.3, -0.25) is 15.1 Å². The monoisotopic (exact) mass is 724 g/mol. The maximum Gasteiger partial charge on any atom is 0.414 e. The lowest BCUT2D eigenvalue weighted by atomic mass is 10.2. The Morgan fingerprint density at radius 1 is 0.898 bits per heavy atom. The summed E-state index contributed by atoms with van der Waals surface area (Å²) in [5.41, 5.74) is 4.33. The molecule has 1 atom stereocenters. The first-order valence-corrected chi connectivity index (χ1v) is 15.3. The molecule has 0 fully saturated rings. The Kier molecular flexibility index (Phi) is 13.2. The van der Waals surface area contributed by atoms with Gasteiger partial charge in [0.1, 0.15) is 30.0 Å². The van der Waals surface area contributed by atoms with Gasteiger partial charge in [-0.05, 0) is 23.3 Å². The normalized spacial score (nSPS) is 11.6. The molecule has 3 N–H and O–H groups in total. The van der Waals surface area contributed by atoms with Gasteiger partial charge in [-0.1, -0.05) is 83.0 Å². The lowest BCUT2D eigenvalue weighted by molar-refractivity contribution is -0.136. The third-order valence-corrected chi connectivity index (χ3v) is 7.77. The van der Waals surface area contributed by atoms with E-state index in [9.17, 15) is 31.9 Å². The topological polar surface area (TPSA) is 129 Å². The minimum Gasteiger partial charge on any atom is -0.447 e. The van der Waals surface area contributed by atoms with Crippen LogP contribution in [-0.4, -0.2) is 65.3 Å². The first-order valence-electron chi connectivity index (χ1n) is 14.6. The van der Waals surface area contributed by atoms with Crippen LogP contribution in [0.5, 0.6) is 0 Å².